The molecule has 3 aromatic rings. The van der Waals surface area contributed by atoms with Gasteiger partial charge in [-0.3, -0.25) is 14.7 Å². The maximum atomic E-state index is 13.1. The van der Waals surface area contributed by atoms with E-state index in [1.165, 1.54) is 11.1 Å². The number of hydrogen-bond donors (Lipinski definition) is 0. The first-order valence-electron chi connectivity index (χ1n) is 12.7. The second-order valence-electron chi connectivity index (χ2n) is 9.22. The van der Waals surface area contributed by atoms with Crippen molar-refractivity contribution in [3.63, 3.8) is 0 Å². The van der Waals surface area contributed by atoms with E-state index >= 15 is 0 Å². The Kier molecular flexibility index (Phi) is 8.23. The van der Waals surface area contributed by atoms with Crippen LogP contribution >= 0.6 is 0 Å². The van der Waals surface area contributed by atoms with Gasteiger partial charge in [-0.1, -0.05) is 30.3 Å². The molecule has 1 amide bonds. The van der Waals surface area contributed by atoms with Gasteiger partial charge in [0.05, 0.1) is 32.1 Å². The Hall–Kier alpha value is -3.26. The van der Waals surface area contributed by atoms with E-state index in [-0.39, 0.29) is 5.91 Å². The van der Waals surface area contributed by atoms with Crippen LogP contribution in [0.15, 0.2) is 66.9 Å². The van der Waals surface area contributed by atoms with E-state index < -0.39 is 0 Å². The lowest BCUT2D eigenvalue weighted by atomic mass is 9.99. The van der Waals surface area contributed by atoms with Crippen LogP contribution in [-0.4, -0.2) is 73.4 Å². The van der Waals surface area contributed by atoms with Crippen molar-refractivity contribution in [2.24, 2.45) is 0 Å². The van der Waals surface area contributed by atoms with Crippen molar-refractivity contribution in [1.82, 2.24) is 14.8 Å². The summed E-state index contributed by atoms with van der Waals surface area (Å²) in [6, 6.07) is 20.5. The molecule has 36 heavy (non-hydrogen) atoms. The van der Waals surface area contributed by atoms with E-state index in [1.54, 1.807) is 0 Å². The number of amides is 1. The minimum atomic E-state index is 0.0442. The van der Waals surface area contributed by atoms with Crippen LogP contribution in [0.25, 0.3) is 0 Å². The minimum absolute atomic E-state index is 0.0442. The summed E-state index contributed by atoms with van der Waals surface area (Å²) in [5, 5.41) is 0. The van der Waals surface area contributed by atoms with Gasteiger partial charge >= 0.3 is 0 Å². The van der Waals surface area contributed by atoms with E-state index in [0.29, 0.717) is 58.1 Å². The van der Waals surface area contributed by atoms with Crippen LogP contribution in [0.1, 0.15) is 32.7 Å². The molecule has 1 saturated heterocycles. The summed E-state index contributed by atoms with van der Waals surface area (Å²) < 4.78 is 17.4. The predicted octanol–water partition coefficient (Wildman–Crippen LogP) is 3.56. The molecule has 0 radical (unpaired) electrons. The molecule has 7 heteroatoms. The summed E-state index contributed by atoms with van der Waals surface area (Å²) in [4.78, 5) is 21.8. The highest BCUT2D eigenvalue weighted by molar-refractivity contribution is 5.94. The van der Waals surface area contributed by atoms with Gasteiger partial charge in [-0.15, -0.1) is 0 Å². The molecule has 5 rings (SSSR count). The third-order valence-electron chi connectivity index (χ3n) is 6.55. The maximum Gasteiger partial charge on any atom is 0.254 e. The monoisotopic (exact) mass is 487 g/mol. The molecule has 0 atom stereocenters. The van der Waals surface area contributed by atoms with Crippen molar-refractivity contribution in [2.75, 3.05) is 52.7 Å². The molecule has 1 aromatic heterocycles. The average Bonchev–Trinajstić information content (AvgIpc) is 2.91. The molecular formula is C29H33N3O4. The van der Waals surface area contributed by atoms with E-state index in [1.807, 2.05) is 41.4 Å². The number of morpholine rings is 1. The van der Waals surface area contributed by atoms with Gasteiger partial charge in [0.2, 0.25) is 0 Å². The number of carbonyl (C=O) groups excluding carboxylic acids is 1. The van der Waals surface area contributed by atoms with Crippen molar-refractivity contribution in [3.8, 4) is 5.75 Å². The smallest absolute Gasteiger partial charge is 0.254 e. The van der Waals surface area contributed by atoms with Crippen molar-refractivity contribution >= 4 is 5.91 Å². The Bertz CT molecular complexity index is 1150. The lowest BCUT2D eigenvalue weighted by Gasteiger charge is -2.27. The van der Waals surface area contributed by atoms with Gasteiger partial charge in [0.25, 0.3) is 5.91 Å². The van der Waals surface area contributed by atoms with Gasteiger partial charge in [0.15, 0.2) is 0 Å². The molecule has 2 aliphatic rings. The number of aromatic nitrogens is 1. The first-order chi connectivity index (χ1) is 17.7. The van der Waals surface area contributed by atoms with Gasteiger partial charge in [0, 0.05) is 50.9 Å². The van der Waals surface area contributed by atoms with Gasteiger partial charge in [0.1, 0.15) is 12.4 Å². The lowest BCUT2D eigenvalue weighted by Crippen LogP contribution is -2.40. The Morgan fingerprint density at radius 1 is 0.833 bits per heavy atom. The van der Waals surface area contributed by atoms with Crippen molar-refractivity contribution in [1.29, 1.82) is 0 Å². The molecular weight excluding hydrogens is 454 g/mol. The fraction of sp³-hybridized carbons (Fsp3) is 0.379. The van der Waals surface area contributed by atoms with Gasteiger partial charge in [-0.2, -0.15) is 0 Å². The number of hydrogen-bond acceptors (Lipinski definition) is 6. The number of ether oxygens (including phenoxy) is 3. The molecule has 2 aromatic carbocycles. The van der Waals surface area contributed by atoms with E-state index in [4.69, 9.17) is 14.2 Å². The van der Waals surface area contributed by atoms with E-state index in [0.717, 1.165) is 36.6 Å². The fourth-order valence-corrected chi connectivity index (χ4v) is 4.70. The highest BCUT2D eigenvalue weighted by Crippen LogP contribution is 2.25. The second-order valence-corrected chi connectivity index (χ2v) is 9.22. The molecule has 0 aliphatic carbocycles. The molecule has 188 valence electrons. The summed E-state index contributed by atoms with van der Waals surface area (Å²) in [6.07, 6.45) is 2.53. The summed E-state index contributed by atoms with van der Waals surface area (Å²) in [5.74, 6) is 0.846. The van der Waals surface area contributed by atoms with Crippen LogP contribution in [0.2, 0.25) is 0 Å². The minimum Gasteiger partial charge on any atom is -0.491 e. The zero-order chi connectivity index (χ0) is 24.6. The Morgan fingerprint density at radius 3 is 2.53 bits per heavy atom. The third kappa shape index (κ3) is 6.49. The largest absolute Gasteiger partial charge is 0.491 e. The van der Waals surface area contributed by atoms with Crippen molar-refractivity contribution < 1.29 is 19.0 Å². The molecule has 3 heterocycles. The van der Waals surface area contributed by atoms with Crippen LogP contribution in [-0.2, 0) is 29.0 Å². The third-order valence-corrected chi connectivity index (χ3v) is 6.55. The first kappa shape index (κ1) is 24.4. The zero-order valence-electron chi connectivity index (χ0n) is 20.6. The summed E-state index contributed by atoms with van der Waals surface area (Å²) >= 11 is 0. The van der Waals surface area contributed by atoms with Crippen molar-refractivity contribution in [2.45, 2.75) is 19.5 Å². The van der Waals surface area contributed by atoms with Gasteiger partial charge in [-0.25, -0.2) is 0 Å². The first-order valence-corrected chi connectivity index (χ1v) is 12.7. The predicted molar refractivity (Wildman–Crippen MR) is 137 cm³/mol. The number of rotatable bonds is 3. The molecule has 2 bridgehead atoms. The Balaban J connectivity index is 1.38. The van der Waals surface area contributed by atoms with Crippen LogP contribution < -0.4 is 4.74 Å². The molecule has 7 nitrogen and oxygen atoms in total. The van der Waals surface area contributed by atoms with Crippen molar-refractivity contribution in [3.05, 3.63) is 94.8 Å². The summed E-state index contributed by atoms with van der Waals surface area (Å²) in [6.45, 7) is 6.41. The Labute approximate surface area is 212 Å². The van der Waals surface area contributed by atoms with Crippen LogP contribution in [0, 0.1) is 0 Å². The van der Waals surface area contributed by atoms with Crippen LogP contribution in [0.4, 0.5) is 0 Å². The molecule has 0 spiro atoms. The number of fused-ring (bicyclic) bond motifs is 3. The number of carbonyl (C=O) groups is 1. The molecule has 0 N–H and O–H groups in total. The van der Waals surface area contributed by atoms with Crippen LogP contribution in [0.3, 0.4) is 0 Å². The van der Waals surface area contributed by atoms with Gasteiger partial charge < -0.3 is 19.1 Å². The topological polar surface area (TPSA) is 64.1 Å². The zero-order valence-corrected chi connectivity index (χ0v) is 20.6. The number of nitrogens with zero attached hydrogens (tertiary/aromatic N) is 3. The SMILES string of the molecule is O=C(c1ccc2c(c1)Cc1cccc(c1)CN(Cc1ccccn1)CCOCCO2)N1CCOCC1. The van der Waals surface area contributed by atoms with E-state index in [2.05, 4.69) is 40.2 Å². The molecule has 1 fully saturated rings. The maximum absolute atomic E-state index is 13.1. The van der Waals surface area contributed by atoms with E-state index in [9.17, 15) is 4.79 Å². The molecule has 0 unspecified atom stereocenters. The fourth-order valence-electron chi connectivity index (χ4n) is 4.70. The normalized spacial score (nSPS) is 17.5. The Morgan fingerprint density at radius 2 is 1.67 bits per heavy atom. The highest BCUT2D eigenvalue weighted by Gasteiger charge is 2.20. The molecule has 0 saturated carbocycles. The number of benzene rings is 2. The summed E-state index contributed by atoms with van der Waals surface area (Å²) in [7, 11) is 0. The van der Waals surface area contributed by atoms with Crippen LogP contribution in [0.5, 0.6) is 5.75 Å². The average molecular weight is 488 g/mol. The highest BCUT2D eigenvalue weighted by atomic mass is 16.5. The number of pyridine rings is 1. The second kappa shape index (κ2) is 12.1. The quantitative estimate of drug-likeness (QED) is 0.563. The summed E-state index contributed by atoms with van der Waals surface area (Å²) in [5.41, 5.74) is 5.18. The molecule has 2 aliphatic heterocycles. The standard InChI is InChI=1S/C29H33N3O4/c33-29(32-11-14-34-15-12-32)25-7-8-28-26(20-25)19-23-4-3-5-24(18-23)21-31(10-13-35-16-17-36-28)22-27-6-1-2-9-30-27/h1-9,18,20H,10-17,19,21-22H2. The lowest BCUT2D eigenvalue weighted by molar-refractivity contribution is 0.0302. The van der Waals surface area contributed by atoms with Gasteiger partial charge in [-0.05, 0) is 47.0 Å².